The molecule has 0 aliphatic rings. The maximum Gasteiger partial charge on any atom is 0.203 e. The summed E-state index contributed by atoms with van der Waals surface area (Å²) in [7, 11) is -3.79. The highest BCUT2D eigenvalue weighted by atomic mass is 32.2. The fourth-order valence-electron chi connectivity index (χ4n) is 3.69. The van der Waals surface area contributed by atoms with Gasteiger partial charge in [-0.05, 0) is 66.6 Å². The molecule has 0 aromatic heterocycles. The van der Waals surface area contributed by atoms with Crippen LogP contribution in [0.2, 0.25) is 0 Å². The van der Waals surface area contributed by atoms with Crippen molar-refractivity contribution in [3.63, 3.8) is 0 Å². The van der Waals surface area contributed by atoms with E-state index in [1.54, 1.807) is 25.1 Å². The Balaban J connectivity index is 2.32. The second kappa shape index (κ2) is 12.1. The Bertz CT molecular complexity index is 1170. The number of aliphatic hydroxyl groups is 1. The van der Waals surface area contributed by atoms with Gasteiger partial charge in [0.05, 0.1) is 18.9 Å². The van der Waals surface area contributed by atoms with Gasteiger partial charge in [-0.1, -0.05) is 45.0 Å². The number of ether oxygens (including phenoxy) is 1. The molecule has 1 atom stereocenters. The van der Waals surface area contributed by atoms with Crippen LogP contribution >= 0.6 is 0 Å². The largest absolute Gasteiger partial charge is 0.492 e. The van der Waals surface area contributed by atoms with Crippen LogP contribution in [-0.4, -0.2) is 38.2 Å². The van der Waals surface area contributed by atoms with Crippen molar-refractivity contribution in [2.45, 2.75) is 52.4 Å². The molecule has 0 saturated heterocycles. The van der Waals surface area contributed by atoms with E-state index in [2.05, 4.69) is 6.92 Å². The van der Waals surface area contributed by atoms with Gasteiger partial charge in [0.25, 0.3) is 0 Å². The SMILES string of the molecule is CCOc1cc(CC(=N)C(=O)[C@@H](CO)C(C)C)ccc1S(=O)(=O)/C=C/c1ccc(C)c(CC)c1. The highest BCUT2D eigenvalue weighted by Gasteiger charge is 2.25. The first-order chi connectivity index (χ1) is 16.0. The standard InChI is InChI=1S/C27H35NO5S/c1-6-22-14-20(9-8-19(22)5)12-13-34(31,32)26-11-10-21(16-25(26)33-7-2)15-24(28)27(30)23(17-29)18(3)4/h8-14,16,18,23,28-29H,6-7,15,17H2,1-5H3/b13-12+,28-24?/t23-/m0/s1. The molecule has 6 nitrogen and oxygen atoms in total. The summed E-state index contributed by atoms with van der Waals surface area (Å²) in [6.07, 6.45) is 2.47. The van der Waals surface area contributed by atoms with E-state index >= 15 is 0 Å². The Labute approximate surface area is 203 Å². The molecule has 184 valence electrons. The number of nitrogens with one attached hydrogen (secondary N) is 1. The molecular weight excluding hydrogens is 450 g/mol. The fraction of sp³-hybridized carbons (Fsp3) is 0.407. The lowest BCUT2D eigenvalue weighted by Crippen LogP contribution is -2.31. The monoisotopic (exact) mass is 485 g/mol. The van der Waals surface area contributed by atoms with Crippen molar-refractivity contribution in [3.05, 3.63) is 64.1 Å². The molecule has 2 aromatic carbocycles. The molecule has 0 bridgehead atoms. The van der Waals surface area contributed by atoms with Crippen molar-refractivity contribution >= 4 is 27.4 Å². The van der Waals surface area contributed by atoms with Crippen molar-refractivity contribution < 1.29 is 23.1 Å². The number of sulfone groups is 1. The molecule has 0 aliphatic carbocycles. The number of aliphatic hydroxyl groups excluding tert-OH is 1. The van der Waals surface area contributed by atoms with Crippen LogP contribution in [0.15, 0.2) is 46.7 Å². The molecule has 2 N–H and O–H groups in total. The van der Waals surface area contributed by atoms with Gasteiger partial charge in [-0.3, -0.25) is 4.79 Å². The molecule has 2 aromatic rings. The first kappa shape index (κ1) is 27.5. The van der Waals surface area contributed by atoms with E-state index in [0.29, 0.717) is 5.56 Å². The third kappa shape index (κ3) is 6.87. The molecular formula is C27H35NO5S. The van der Waals surface area contributed by atoms with Crippen LogP contribution in [0.25, 0.3) is 6.08 Å². The second-order valence-electron chi connectivity index (χ2n) is 8.65. The summed E-state index contributed by atoms with van der Waals surface area (Å²) < 4.78 is 31.8. The third-order valence-electron chi connectivity index (χ3n) is 5.82. The number of rotatable bonds is 12. The summed E-state index contributed by atoms with van der Waals surface area (Å²) in [4.78, 5) is 12.6. The highest BCUT2D eigenvalue weighted by molar-refractivity contribution is 7.94. The van der Waals surface area contributed by atoms with Gasteiger partial charge in [0.1, 0.15) is 10.6 Å². The smallest absolute Gasteiger partial charge is 0.203 e. The van der Waals surface area contributed by atoms with E-state index in [1.807, 2.05) is 39.0 Å². The normalized spacial score (nSPS) is 12.8. The molecule has 34 heavy (non-hydrogen) atoms. The van der Waals surface area contributed by atoms with E-state index in [0.717, 1.165) is 17.5 Å². The number of carbonyl (C=O) groups is 1. The molecule has 0 unspecified atom stereocenters. The molecule has 0 aliphatic heterocycles. The molecule has 0 spiro atoms. The van der Waals surface area contributed by atoms with Crippen LogP contribution in [0.4, 0.5) is 0 Å². The molecule has 0 heterocycles. The Morgan fingerprint density at radius 1 is 1.15 bits per heavy atom. The van der Waals surface area contributed by atoms with E-state index in [1.165, 1.54) is 17.0 Å². The highest BCUT2D eigenvalue weighted by Crippen LogP contribution is 2.28. The first-order valence-electron chi connectivity index (χ1n) is 11.5. The Kier molecular flexibility index (Phi) is 9.77. The lowest BCUT2D eigenvalue weighted by molar-refractivity contribution is -0.119. The Hall–Kier alpha value is -2.77. The van der Waals surface area contributed by atoms with Crippen LogP contribution in [0.3, 0.4) is 0 Å². The average Bonchev–Trinajstić information content (AvgIpc) is 2.79. The summed E-state index contributed by atoms with van der Waals surface area (Å²) in [6, 6.07) is 10.4. The predicted molar refractivity (Wildman–Crippen MR) is 136 cm³/mol. The topological polar surface area (TPSA) is 105 Å². The van der Waals surface area contributed by atoms with Gasteiger partial charge in [0.2, 0.25) is 9.84 Å². The predicted octanol–water partition coefficient (Wildman–Crippen LogP) is 4.80. The number of hydrogen-bond donors (Lipinski definition) is 2. The number of ketones is 1. The van der Waals surface area contributed by atoms with Gasteiger partial charge in [0.15, 0.2) is 5.78 Å². The minimum absolute atomic E-state index is 0.0292. The zero-order chi connectivity index (χ0) is 25.5. The number of aryl methyl sites for hydroxylation is 2. The van der Waals surface area contributed by atoms with Gasteiger partial charge in [-0.25, -0.2) is 8.42 Å². The Morgan fingerprint density at radius 2 is 1.85 bits per heavy atom. The summed E-state index contributed by atoms with van der Waals surface area (Å²) in [5, 5.41) is 18.8. The number of benzene rings is 2. The van der Waals surface area contributed by atoms with Crippen LogP contribution in [0.1, 0.15) is 49.9 Å². The zero-order valence-corrected chi connectivity index (χ0v) is 21.4. The summed E-state index contributed by atoms with van der Waals surface area (Å²) in [5.74, 6) is -0.929. The van der Waals surface area contributed by atoms with Crippen molar-refractivity contribution in [2.75, 3.05) is 13.2 Å². The zero-order valence-electron chi connectivity index (χ0n) is 20.6. The maximum atomic E-state index is 13.1. The van der Waals surface area contributed by atoms with Gasteiger partial charge in [0, 0.05) is 17.7 Å². The molecule has 0 amide bonds. The number of Topliss-reactive ketones (excluding diaryl/α,β-unsaturated/α-hetero) is 1. The van der Waals surface area contributed by atoms with Crippen molar-refractivity contribution in [1.82, 2.24) is 0 Å². The van der Waals surface area contributed by atoms with Crippen LogP contribution in [-0.2, 0) is 27.5 Å². The van der Waals surface area contributed by atoms with E-state index in [4.69, 9.17) is 10.1 Å². The molecule has 0 radical (unpaired) electrons. The third-order valence-corrected chi connectivity index (χ3v) is 7.27. The van der Waals surface area contributed by atoms with E-state index in [-0.39, 0.29) is 41.9 Å². The maximum absolute atomic E-state index is 13.1. The quantitative estimate of drug-likeness (QED) is 0.420. The number of hydrogen-bond acceptors (Lipinski definition) is 6. The second-order valence-corrected chi connectivity index (χ2v) is 10.5. The van der Waals surface area contributed by atoms with Crippen LogP contribution in [0, 0.1) is 24.2 Å². The lowest BCUT2D eigenvalue weighted by Gasteiger charge is -2.17. The summed E-state index contributed by atoms with van der Waals surface area (Å²) >= 11 is 0. The fourth-order valence-corrected chi connectivity index (χ4v) is 4.83. The van der Waals surface area contributed by atoms with E-state index in [9.17, 15) is 18.3 Å². The van der Waals surface area contributed by atoms with Gasteiger partial charge >= 0.3 is 0 Å². The summed E-state index contributed by atoms with van der Waals surface area (Å²) in [6.45, 7) is 9.45. The molecule has 2 rings (SSSR count). The average molecular weight is 486 g/mol. The van der Waals surface area contributed by atoms with Gasteiger partial charge in [-0.2, -0.15) is 0 Å². The van der Waals surface area contributed by atoms with Crippen molar-refractivity contribution in [2.24, 2.45) is 11.8 Å². The van der Waals surface area contributed by atoms with E-state index < -0.39 is 21.5 Å². The lowest BCUT2D eigenvalue weighted by atomic mass is 9.88. The minimum atomic E-state index is -3.79. The number of carbonyl (C=O) groups excluding carboxylic acids is 1. The van der Waals surface area contributed by atoms with Crippen molar-refractivity contribution in [3.8, 4) is 5.75 Å². The summed E-state index contributed by atoms with van der Waals surface area (Å²) in [5.41, 5.74) is 3.60. The molecule has 0 fully saturated rings. The van der Waals surface area contributed by atoms with Gasteiger partial charge in [-0.15, -0.1) is 0 Å². The minimum Gasteiger partial charge on any atom is -0.492 e. The Morgan fingerprint density at radius 3 is 2.44 bits per heavy atom. The van der Waals surface area contributed by atoms with Crippen LogP contribution < -0.4 is 4.74 Å². The van der Waals surface area contributed by atoms with Gasteiger partial charge < -0.3 is 15.3 Å². The molecule has 7 heteroatoms. The molecule has 0 saturated carbocycles. The van der Waals surface area contributed by atoms with Crippen LogP contribution in [0.5, 0.6) is 5.75 Å². The first-order valence-corrected chi connectivity index (χ1v) is 13.1. The van der Waals surface area contributed by atoms with Crippen molar-refractivity contribution in [1.29, 1.82) is 5.41 Å².